The normalized spacial score (nSPS) is 31.2. The molecule has 0 radical (unpaired) electrons. The van der Waals surface area contributed by atoms with Gasteiger partial charge < -0.3 is 19.9 Å². The number of fused-ring (bicyclic) bond motifs is 3. The van der Waals surface area contributed by atoms with Crippen molar-refractivity contribution in [2.75, 3.05) is 32.8 Å². The lowest BCUT2D eigenvalue weighted by Crippen LogP contribution is -2.50. The van der Waals surface area contributed by atoms with Crippen molar-refractivity contribution >= 4 is 11.0 Å². The summed E-state index contributed by atoms with van der Waals surface area (Å²) in [5.74, 6) is 0. The number of para-hydroxylation sites is 2. The molecule has 0 amide bonds. The predicted molar refractivity (Wildman–Crippen MR) is 92.4 cm³/mol. The highest BCUT2D eigenvalue weighted by atomic mass is 16.5. The van der Waals surface area contributed by atoms with E-state index in [9.17, 15) is 4.79 Å². The van der Waals surface area contributed by atoms with E-state index in [1.807, 2.05) is 28.8 Å². The fourth-order valence-electron chi connectivity index (χ4n) is 4.77. The number of ether oxygens (including phenoxy) is 1. The molecule has 2 atom stereocenters. The molecule has 0 spiro atoms. The number of benzene rings is 1. The molecule has 3 saturated heterocycles. The van der Waals surface area contributed by atoms with Gasteiger partial charge in [-0.2, -0.15) is 0 Å². The Bertz CT molecular complexity index is 795. The fraction of sp³-hybridized carbons (Fsp3) is 0.611. The molecule has 1 aromatic heterocycles. The summed E-state index contributed by atoms with van der Waals surface area (Å²) in [5.41, 5.74) is 2.03. The van der Waals surface area contributed by atoms with Crippen molar-refractivity contribution in [1.29, 1.82) is 0 Å². The van der Waals surface area contributed by atoms with E-state index in [1.54, 1.807) is 0 Å². The topological polar surface area (TPSA) is 62.3 Å². The third-order valence-electron chi connectivity index (χ3n) is 5.98. The van der Waals surface area contributed by atoms with E-state index in [0.717, 1.165) is 63.1 Å². The summed E-state index contributed by atoms with van der Waals surface area (Å²) in [6, 6.07) is 8.84. The van der Waals surface area contributed by atoms with Gasteiger partial charge in [0, 0.05) is 38.3 Å². The van der Waals surface area contributed by atoms with Crippen molar-refractivity contribution in [1.82, 2.24) is 19.8 Å². The van der Waals surface area contributed by atoms with Crippen LogP contribution in [0, 0.1) is 0 Å². The lowest BCUT2D eigenvalue weighted by molar-refractivity contribution is -0.0348. The van der Waals surface area contributed by atoms with Gasteiger partial charge in [0.25, 0.3) is 0 Å². The maximum atomic E-state index is 12.4. The van der Waals surface area contributed by atoms with Crippen molar-refractivity contribution in [3.63, 3.8) is 0 Å². The summed E-state index contributed by atoms with van der Waals surface area (Å²) >= 11 is 0. The van der Waals surface area contributed by atoms with Gasteiger partial charge in [-0.1, -0.05) is 12.1 Å². The molecule has 0 saturated carbocycles. The van der Waals surface area contributed by atoms with E-state index in [-0.39, 0.29) is 11.3 Å². The molecule has 5 rings (SSSR count). The summed E-state index contributed by atoms with van der Waals surface area (Å²) in [7, 11) is 0. The molecule has 2 N–H and O–H groups in total. The van der Waals surface area contributed by atoms with Crippen molar-refractivity contribution < 1.29 is 4.74 Å². The first-order chi connectivity index (χ1) is 11.7. The molecule has 2 bridgehead atoms. The summed E-state index contributed by atoms with van der Waals surface area (Å²) in [6.07, 6.45) is 3.19. The van der Waals surface area contributed by atoms with Gasteiger partial charge in [0.2, 0.25) is 0 Å². The first kappa shape index (κ1) is 14.7. The van der Waals surface area contributed by atoms with Crippen LogP contribution in [-0.4, -0.2) is 58.9 Å². The zero-order valence-corrected chi connectivity index (χ0v) is 13.8. The lowest BCUT2D eigenvalue weighted by atomic mass is 9.98. The van der Waals surface area contributed by atoms with Gasteiger partial charge in [0.15, 0.2) is 0 Å². The Morgan fingerprint density at radius 1 is 1.25 bits per heavy atom. The van der Waals surface area contributed by atoms with Crippen molar-refractivity contribution in [3.05, 3.63) is 34.7 Å². The zero-order valence-electron chi connectivity index (χ0n) is 13.8. The van der Waals surface area contributed by atoms with Crippen molar-refractivity contribution in [2.45, 2.75) is 36.9 Å². The van der Waals surface area contributed by atoms with Gasteiger partial charge in [-0.25, -0.2) is 4.79 Å². The summed E-state index contributed by atoms with van der Waals surface area (Å²) in [6.45, 7) is 4.94. The quantitative estimate of drug-likeness (QED) is 0.886. The van der Waals surface area contributed by atoms with Gasteiger partial charge in [0.1, 0.15) is 0 Å². The molecule has 0 aliphatic carbocycles. The molecule has 24 heavy (non-hydrogen) atoms. The Balaban J connectivity index is 1.30. The number of rotatable bonds is 3. The average molecular weight is 328 g/mol. The second kappa shape index (κ2) is 5.44. The molecule has 6 nitrogen and oxygen atoms in total. The third-order valence-corrected chi connectivity index (χ3v) is 5.98. The number of H-pyrrole nitrogens is 1. The molecular formula is C18H24N4O2. The van der Waals surface area contributed by atoms with E-state index in [1.165, 1.54) is 0 Å². The summed E-state index contributed by atoms with van der Waals surface area (Å²) in [5, 5.41) is 3.54. The van der Waals surface area contributed by atoms with Gasteiger partial charge in [-0.05, 0) is 31.4 Å². The Kier molecular flexibility index (Phi) is 3.33. The molecule has 3 fully saturated rings. The largest absolute Gasteiger partial charge is 0.371 e. The predicted octanol–water partition coefficient (Wildman–Crippen LogP) is 1.10. The number of aromatic amines is 1. The van der Waals surface area contributed by atoms with Crippen LogP contribution in [0.4, 0.5) is 0 Å². The number of aromatic nitrogens is 2. The standard InChI is InChI=1S/C18H24N4O2/c23-17-20-15-3-1-2-4-16(15)22(17)14-5-7-21(8-6-14)12-18-9-13(10-24-18)19-11-18/h1-4,13-14,19H,5-12H2,(H,20,23). The Morgan fingerprint density at radius 3 is 2.79 bits per heavy atom. The van der Waals surface area contributed by atoms with E-state index in [0.29, 0.717) is 12.1 Å². The number of nitrogens with one attached hydrogen (secondary N) is 2. The number of piperidine rings is 1. The lowest BCUT2D eigenvalue weighted by Gasteiger charge is -2.38. The number of morpholine rings is 1. The molecule has 1 aromatic carbocycles. The molecule has 128 valence electrons. The number of hydrogen-bond donors (Lipinski definition) is 2. The van der Waals surface area contributed by atoms with E-state index < -0.39 is 0 Å². The smallest absolute Gasteiger partial charge is 0.326 e. The minimum absolute atomic E-state index is 0.0233. The van der Waals surface area contributed by atoms with Gasteiger partial charge in [-0.3, -0.25) is 4.57 Å². The maximum Gasteiger partial charge on any atom is 0.326 e. The second-order valence-electron chi connectivity index (χ2n) is 7.60. The minimum atomic E-state index is 0.0233. The Morgan fingerprint density at radius 2 is 2.08 bits per heavy atom. The van der Waals surface area contributed by atoms with Crippen molar-refractivity contribution in [3.8, 4) is 0 Å². The summed E-state index contributed by atoms with van der Waals surface area (Å²) in [4.78, 5) is 17.9. The van der Waals surface area contributed by atoms with Gasteiger partial charge >= 0.3 is 5.69 Å². The monoisotopic (exact) mass is 328 g/mol. The van der Waals surface area contributed by atoms with Crippen LogP contribution >= 0.6 is 0 Å². The second-order valence-corrected chi connectivity index (χ2v) is 7.60. The molecule has 6 heteroatoms. The number of hydrogen-bond acceptors (Lipinski definition) is 4. The third kappa shape index (κ3) is 2.32. The van der Waals surface area contributed by atoms with Crippen LogP contribution in [0.3, 0.4) is 0 Å². The highest BCUT2D eigenvalue weighted by Gasteiger charge is 2.47. The van der Waals surface area contributed by atoms with Crippen LogP contribution in [0.1, 0.15) is 25.3 Å². The van der Waals surface area contributed by atoms with Crippen LogP contribution in [0.25, 0.3) is 11.0 Å². The molecule has 4 heterocycles. The van der Waals surface area contributed by atoms with E-state index in [2.05, 4.69) is 15.2 Å². The highest BCUT2D eigenvalue weighted by Crippen LogP contribution is 2.33. The highest BCUT2D eigenvalue weighted by molar-refractivity contribution is 5.75. The number of nitrogens with zero attached hydrogens (tertiary/aromatic N) is 2. The van der Waals surface area contributed by atoms with E-state index in [4.69, 9.17) is 4.74 Å². The zero-order chi connectivity index (χ0) is 16.1. The molecule has 3 aliphatic heterocycles. The number of likely N-dealkylation sites (tertiary alicyclic amines) is 1. The molecule has 2 unspecified atom stereocenters. The maximum absolute atomic E-state index is 12.4. The van der Waals surface area contributed by atoms with Crippen molar-refractivity contribution in [2.24, 2.45) is 0 Å². The minimum Gasteiger partial charge on any atom is -0.371 e. The number of imidazole rings is 1. The molecule has 3 aliphatic rings. The SMILES string of the molecule is O=c1[nH]c2ccccc2n1C1CCN(CC23CNC(CO2)C3)CC1. The van der Waals surface area contributed by atoms with Crippen LogP contribution in [0.5, 0.6) is 0 Å². The van der Waals surface area contributed by atoms with Crippen LogP contribution < -0.4 is 11.0 Å². The van der Waals surface area contributed by atoms with E-state index >= 15 is 0 Å². The molecular weight excluding hydrogens is 304 g/mol. The first-order valence-corrected chi connectivity index (χ1v) is 9.01. The fourth-order valence-corrected chi connectivity index (χ4v) is 4.77. The Hall–Kier alpha value is -1.63. The van der Waals surface area contributed by atoms with Crippen LogP contribution in [-0.2, 0) is 4.74 Å². The Labute approximate surface area is 140 Å². The van der Waals surface area contributed by atoms with Gasteiger partial charge in [0.05, 0.1) is 23.2 Å². The summed E-state index contributed by atoms with van der Waals surface area (Å²) < 4.78 is 8.02. The van der Waals surface area contributed by atoms with Crippen LogP contribution in [0.2, 0.25) is 0 Å². The molecule has 2 aromatic rings. The van der Waals surface area contributed by atoms with Crippen LogP contribution in [0.15, 0.2) is 29.1 Å². The average Bonchev–Trinajstić information content (AvgIpc) is 3.27. The first-order valence-electron chi connectivity index (χ1n) is 9.01. The van der Waals surface area contributed by atoms with Gasteiger partial charge in [-0.15, -0.1) is 0 Å².